The number of hydrogen-bond donors (Lipinski definition) is 0. The fraction of sp³-hybridized carbons (Fsp3) is 0.500. The summed E-state index contributed by atoms with van der Waals surface area (Å²) in [5.41, 5.74) is 0.847. The first-order valence-electron chi connectivity index (χ1n) is 7.03. The predicted octanol–water partition coefficient (Wildman–Crippen LogP) is 2.22. The number of ether oxygens (including phenoxy) is 4. The highest BCUT2D eigenvalue weighted by Crippen LogP contribution is 2.38. The molecule has 0 aliphatic carbocycles. The molecule has 2 unspecified atom stereocenters. The third-order valence-electron chi connectivity index (χ3n) is 3.21. The molecule has 23 heavy (non-hydrogen) atoms. The van der Waals surface area contributed by atoms with E-state index in [0.29, 0.717) is 5.75 Å². The summed E-state index contributed by atoms with van der Waals surface area (Å²) in [6, 6.07) is 7.34. The molecule has 0 saturated heterocycles. The first-order chi connectivity index (χ1) is 11.0. The van der Waals surface area contributed by atoms with Crippen LogP contribution in [-0.2, 0) is 23.8 Å². The third-order valence-corrected chi connectivity index (χ3v) is 4.60. The number of esters is 2. The van der Waals surface area contributed by atoms with Gasteiger partial charge in [0.25, 0.3) is 0 Å². The van der Waals surface area contributed by atoms with Gasteiger partial charge in [0, 0.05) is 12.7 Å². The lowest BCUT2D eigenvalue weighted by atomic mass is 10.1. The van der Waals surface area contributed by atoms with Crippen LogP contribution in [0.2, 0.25) is 0 Å². The normalized spacial score (nSPS) is 13.0. The maximum atomic E-state index is 11.4. The molecule has 128 valence electrons. The smallest absolute Gasteiger partial charge is 0.343 e. The van der Waals surface area contributed by atoms with Crippen LogP contribution in [0.25, 0.3) is 0 Å². The van der Waals surface area contributed by atoms with Crippen LogP contribution in [0, 0.1) is 0 Å². The van der Waals surface area contributed by atoms with Crippen molar-refractivity contribution in [3.8, 4) is 5.75 Å². The molecule has 1 aromatic carbocycles. The van der Waals surface area contributed by atoms with Gasteiger partial charge in [-0.1, -0.05) is 18.2 Å². The molecule has 0 N–H and O–H groups in total. The molecule has 6 nitrogen and oxygen atoms in total. The molecule has 1 rings (SSSR count). The zero-order valence-corrected chi connectivity index (χ0v) is 14.6. The number of methoxy groups -OCH3 is 3. The molecule has 7 heteroatoms. The largest absolute Gasteiger partial charge is 0.482 e. The highest BCUT2D eigenvalue weighted by molar-refractivity contribution is 8.00. The van der Waals surface area contributed by atoms with E-state index >= 15 is 0 Å². The summed E-state index contributed by atoms with van der Waals surface area (Å²) in [4.78, 5) is 22.7. The van der Waals surface area contributed by atoms with Crippen LogP contribution >= 0.6 is 11.8 Å². The molecule has 0 spiro atoms. The SMILES string of the molecule is COC(=O)COc1ccccc1C(SCC(=O)OC)C(C)OC. The van der Waals surface area contributed by atoms with Crippen molar-refractivity contribution in [1.29, 1.82) is 0 Å². The van der Waals surface area contributed by atoms with E-state index in [1.165, 1.54) is 26.0 Å². The van der Waals surface area contributed by atoms with Gasteiger partial charge in [-0.3, -0.25) is 4.79 Å². The number of hydrogen-bond acceptors (Lipinski definition) is 7. The highest BCUT2D eigenvalue weighted by Gasteiger charge is 2.24. The fourth-order valence-corrected chi connectivity index (χ4v) is 3.05. The van der Waals surface area contributed by atoms with Gasteiger partial charge in [0.05, 0.1) is 31.3 Å². The second-order valence-corrected chi connectivity index (χ2v) is 5.78. The molecule has 1 aromatic rings. The Labute approximate surface area is 140 Å². The number of carbonyl (C=O) groups excluding carboxylic acids is 2. The van der Waals surface area contributed by atoms with Crippen molar-refractivity contribution in [3.05, 3.63) is 29.8 Å². The van der Waals surface area contributed by atoms with Crippen molar-refractivity contribution >= 4 is 23.7 Å². The van der Waals surface area contributed by atoms with Crippen molar-refractivity contribution in [2.75, 3.05) is 33.7 Å². The second kappa shape index (κ2) is 10.1. The zero-order valence-electron chi connectivity index (χ0n) is 13.7. The number of carbonyl (C=O) groups is 2. The van der Waals surface area contributed by atoms with Crippen molar-refractivity contribution < 1.29 is 28.5 Å². The molecule has 0 aromatic heterocycles. The number of para-hydroxylation sites is 1. The van der Waals surface area contributed by atoms with Crippen LogP contribution < -0.4 is 4.74 Å². The summed E-state index contributed by atoms with van der Waals surface area (Å²) in [6.07, 6.45) is -0.160. The lowest BCUT2D eigenvalue weighted by molar-refractivity contribution is -0.143. The van der Waals surface area contributed by atoms with E-state index in [0.717, 1.165) is 5.56 Å². The monoisotopic (exact) mass is 342 g/mol. The lowest BCUT2D eigenvalue weighted by Gasteiger charge is -2.24. The number of rotatable bonds is 9. The van der Waals surface area contributed by atoms with Gasteiger partial charge in [-0.2, -0.15) is 0 Å². The fourth-order valence-electron chi connectivity index (χ4n) is 1.86. The average Bonchev–Trinajstić information content (AvgIpc) is 2.59. The van der Waals surface area contributed by atoms with Gasteiger partial charge >= 0.3 is 11.9 Å². The summed E-state index contributed by atoms with van der Waals surface area (Å²) in [6.45, 7) is 1.73. The summed E-state index contributed by atoms with van der Waals surface area (Å²) >= 11 is 1.40. The summed E-state index contributed by atoms with van der Waals surface area (Å²) < 4.78 is 20.2. The molecular weight excluding hydrogens is 320 g/mol. The van der Waals surface area contributed by atoms with Crippen LogP contribution in [0.15, 0.2) is 24.3 Å². The van der Waals surface area contributed by atoms with Crippen molar-refractivity contribution in [2.24, 2.45) is 0 Å². The summed E-state index contributed by atoms with van der Waals surface area (Å²) in [7, 11) is 4.26. The molecule has 0 aliphatic heterocycles. The minimum absolute atomic E-state index is 0.145. The van der Waals surface area contributed by atoms with Gasteiger partial charge < -0.3 is 18.9 Å². The Kier molecular flexibility index (Phi) is 8.50. The Bertz CT molecular complexity index is 519. The van der Waals surface area contributed by atoms with Gasteiger partial charge in [-0.25, -0.2) is 4.79 Å². The van der Waals surface area contributed by atoms with Gasteiger partial charge in [-0.15, -0.1) is 11.8 Å². The standard InChI is InChI=1S/C16H22O6S/c1-11(19-2)16(23-10-15(18)21-4)12-7-5-6-8-13(12)22-9-14(17)20-3/h5-8,11,16H,9-10H2,1-4H3. The minimum Gasteiger partial charge on any atom is -0.482 e. The molecule has 0 aliphatic rings. The van der Waals surface area contributed by atoms with Crippen molar-refractivity contribution in [1.82, 2.24) is 0 Å². The van der Waals surface area contributed by atoms with E-state index in [1.54, 1.807) is 13.2 Å². The number of thioether (sulfide) groups is 1. The summed E-state index contributed by atoms with van der Waals surface area (Å²) in [5.74, 6) is -0.0148. The van der Waals surface area contributed by atoms with Gasteiger partial charge in [0.1, 0.15) is 5.75 Å². The van der Waals surface area contributed by atoms with E-state index in [4.69, 9.17) is 9.47 Å². The van der Waals surface area contributed by atoms with Crippen LogP contribution in [0.4, 0.5) is 0 Å². The van der Waals surface area contributed by atoms with E-state index in [-0.39, 0.29) is 29.7 Å². The first kappa shape index (κ1) is 19.3. The predicted molar refractivity (Wildman–Crippen MR) is 87.6 cm³/mol. The Morgan fingerprint density at radius 1 is 1.09 bits per heavy atom. The van der Waals surface area contributed by atoms with Crippen LogP contribution in [0.1, 0.15) is 17.7 Å². The average molecular weight is 342 g/mol. The zero-order chi connectivity index (χ0) is 17.2. The maximum absolute atomic E-state index is 11.4. The van der Waals surface area contributed by atoms with Crippen molar-refractivity contribution in [2.45, 2.75) is 18.3 Å². The topological polar surface area (TPSA) is 71.1 Å². The molecule has 2 atom stereocenters. The Balaban J connectivity index is 2.95. The lowest BCUT2D eigenvalue weighted by Crippen LogP contribution is -2.19. The van der Waals surface area contributed by atoms with Crippen molar-refractivity contribution in [3.63, 3.8) is 0 Å². The molecule has 0 radical (unpaired) electrons. The Hall–Kier alpha value is -1.73. The first-order valence-corrected chi connectivity index (χ1v) is 8.08. The quantitative estimate of drug-likeness (QED) is 0.637. The highest BCUT2D eigenvalue weighted by atomic mass is 32.2. The molecule has 0 saturated carbocycles. The van der Waals surface area contributed by atoms with Crippen LogP contribution in [0.5, 0.6) is 5.75 Å². The Morgan fingerprint density at radius 2 is 1.74 bits per heavy atom. The molecule has 0 fully saturated rings. The molecule has 0 bridgehead atoms. The van der Waals surface area contributed by atoms with Gasteiger partial charge in [-0.05, 0) is 13.0 Å². The minimum atomic E-state index is -0.460. The second-order valence-electron chi connectivity index (χ2n) is 4.65. The summed E-state index contributed by atoms with van der Waals surface area (Å²) in [5, 5.41) is -0.145. The third kappa shape index (κ3) is 6.11. The number of benzene rings is 1. The van der Waals surface area contributed by atoms with Crippen LogP contribution in [0.3, 0.4) is 0 Å². The molecule has 0 amide bonds. The molecular formula is C16H22O6S. The van der Waals surface area contributed by atoms with E-state index in [1.807, 2.05) is 25.1 Å². The Morgan fingerprint density at radius 3 is 2.35 bits per heavy atom. The van der Waals surface area contributed by atoms with E-state index < -0.39 is 5.97 Å². The van der Waals surface area contributed by atoms with Gasteiger partial charge in [0.15, 0.2) is 6.61 Å². The van der Waals surface area contributed by atoms with E-state index in [2.05, 4.69) is 9.47 Å². The van der Waals surface area contributed by atoms with Gasteiger partial charge in [0.2, 0.25) is 0 Å². The van der Waals surface area contributed by atoms with E-state index in [9.17, 15) is 9.59 Å². The molecule has 0 heterocycles. The van der Waals surface area contributed by atoms with Crippen LogP contribution in [-0.4, -0.2) is 51.7 Å². The maximum Gasteiger partial charge on any atom is 0.343 e.